The van der Waals surface area contributed by atoms with E-state index in [9.17, 15) is 0 Å². The summed E-state index contributed by atoms with van der Waals surface area (Å²) >= 11 is 6.05. The first-order chi connectivity index (χ1) is 8.06. The topological polar surface area (TPSA) is 33.0 Å². The van der Waals surface area contributed by atoms with Gasteiger partial charge >= 0.3 is 0 Å². The van der Waals surface area contributed by atoms with Crippen LogP contribution in [-0.4, -0.2) is 7.11 Å². The summed E-state index contributed by atoms with van der Waals surface area (Å²) in [5.41, 5.74) is 3.31. The average Bonchev–Trinajstić information content (AvgIpc) is 2.36. The summed E-state index contributed by atoms with van der Waals surface area (Å²) in [7, 11) is 1.56. The van der Waals surface area contributed by atoms with E-state index in [-0.39, 0.29) is 0 Å². The lowest BCUT2D eigenvalue weighted by molar-refractivity contribution is 0.410. The van der Waals surface area contributed by atoms with Crippen molar-refractivity contribution in [1.29, 1.82) is 5.26 Å². The molecule has 1 aromatic carbocycles. The third-order valence-corrected chi connectivity index (χ3v) is 3.11. The van der Waals surface area contributed by atoms with Crippen LogP contribution < -0.4 is 4.74 Å². The molecule has 0 saturated heterocycles. The summed E-state index contributed by atoms with van der Waals surface area (Å²) in [6.07, 6.45) is 1.60. The minimum atomic E-state index is 0.524. The van der Waals surface area contributed by atoms with Crippen LogP contribution in [0.4, 0.5) is 0 Å². The van der Waals surface area contributed by atoms with Crippen molar-refractivity contribution in [3.05, 3.63) is 46.5 Å². The van der Waals surface area contributed by atoms with Gasteiger partial charge in [-0.05, 0) is 36.6 Å². The molecule has 0 heterocycles. The van der Waals surface area contributed by atoms with Crippen LogP contribution in [0.3, 0.4) is 0 Å². The summed E-state index contributed by atoms with van der Waals surface area (Å²) in [4.78, 5) is 0. The monoisotopic (exact) mass is 247 g/mol. The Morgan fingerprint density at radius 3 is 2.65 bits per heavy atom. The van der Waals surface area contributed by atoms with Gasteiger partial charge in [0.15, 0.2) is 0 Å². The summed E-state index contributed by atoms with van der Waals surface area (Å²) in [5.74, 6) is 0.595. The molecule has 3 heteroatoms. The van der Waals surface area contributed by atoms with E-state index in [1.54, 1.807) is 19.3 Å². The van der Waals surface area contributed by atoms with Gasteiger partial charge < -0.3 is 4.74 Å². The van der Waals surface area contributed by atoms with Crippen LogP contribution in [0.2, 0.25) is 0 Å². The molecule has 0 radical (unpaired) electrons. The van der Waals surface area contributed by atoms with Crippen molar-refractivity contribution < 1.29 is 4.74 Å². The summed E-state index contributed by atoms with van der Waals surface area (Å²) in [6, 6.07) is 5.71. The van der Waals surface area contributed by atoms with Gasteiger partial charge in [-0.25, -0.2) is 0 Å². The Morgan fingerprint density at radius 2 is 2.18 bits per heavy atom. The first kappa shape index (κ1) is 13.3. The maximum atomic E-state index is 8.97. The van der Waals surface area contributed by atoms with E-state index >= 15 is 0 Å². The van der Waals surface area contributed by atoms with E-state index in [0.29, 0.717) is 16.3 Å². The number of hydrogen-bond acceptors (Lipinski definition) is 2. The fourth-order valence-corrected chi connectivity index (χ4v) is 1.83. The molecule has 0 amide bonds. The van der Waals surface area contributed by atoms with Crippen LogP contribution >= 0.6 is 11.6 Å². The molecular formula is C14H14ClNO. The molecule has 1 rings (SSSR count). The van der Waals surface area contributed by atoms with Crippen molar-refractivity contribution in [1.82, 2.24) is 0 Å². The molecule has 0 bridgehead atoms. The quantitative estimate of drug-likeness (QED) is 0.756. The Kier molecular flexibility index (Phi) is 4.37. The minimum absolute atomic E-state index is 0.524. The zero-order valence-corrected chi connectivity index (χ0v) is 10.9. The number of methoxy groups -OCH3 is 1. The van der Waals surface area contributed by atoms with Crippen molar-refractivity contribution in [3.8, 4) is 11.8 Å². The van der Waals surface area contributed by atoms with Gasteiger partial charge in [-0.2, -0.15) is 5.26 Å². The Bertz CT molecular complexity index is 524. The lowest BCUT2D eigenvalue weighted by atomic mass is 9.98. The first-order valence-corrected chi connectivity index (χ1v) is 5.51. The van der Waals surface area contributed by atoms with Crippen molar-refractivity contribution in [2.75, 3.05) is 7.11 Å². The van der Waals surface area contributed by atoms with Crippen LogP contribution in [-0.2, 0) is 0 Å². The van der Waals surface area contributed by atoms with Gasteiger partial charge in [0.1, 0.15) is 11.8 Å². The van der Waals surface area contributed by atoms with E-state index in [2.05, 4.69) is 12.6 Å². The Balaban J connectivity index is 3.50. The van der Waals surface area contributed by atoms with E-state index in [1.165, 1.54) is 0 Å². The third kappa shape index (κ3) is 2.51. The van der Waals surface area contributed by atoms with Gasteiger partial charge in [0.25, 0.3) is 0 Å². The maximum Gasteiger partial charge on any atom is 0.140 e. The molecule has 2 nitrogen and oxygen atoms in total. The molecular weight excluding hydrogens is 234 g/mol. The lowest BCUT2D eigenvalue weighted by Gasteiger charge is -2.13. The summed E-state index contributed by atoms with van der Waals surface area (Å²) < 4.78 is 5.26. The number of hydrogen-bond donors (Lipinski definition) is 0. The molecule has 0 unspecified atom stereocenters. The van der Waals surface area contributed by atoms with Crippen LogP contribution in [0, 0.1) is 18.3 Å². The van der Waals surface area contributed by atoms with Crippen molar-refractivity contribution in [2.24, 2.45) is 0 Å². The standard InChI is InChI=1S/C14H14ClNO/c1-5-13(15)9(2)12-7-6-11(8-16)14(17-4)10(12)3/h5-7H,1H2,2-4H3/b13-9-. The summed E-state index contributed by atoms with van der Waals surface area (Å²) in [5, 5.41) is 9.57. The highest BCUT2D eigenvalue weighted by molar-refractivity contribution is 6.34. The second-order valence-electron chi connectivity index (χ2n) is 3.61. The highest BCUT2D eigenvalue weighted by Gasteiger charge is 2.12. The van der Waals surface area contributed by atoms with Gasteiger partial charge in [-0.3, -0.25) is 0 Å². The van der Waals surface area contributed by atoms with Crippen LogP contribution in [0.15, 0.2) is 29.8 Å². The predicted molar refractivity (Wildman–Crippen MR) is 71.1 cm³/mol. The molecule has 0 aromatic heterocycles. The highest BCUT2D eigenvalue weighted by atomic mass is 35.5. The maximum absolute atomic E-state index is 8.97. The number of nitrogens with zero attached hydrogens (tertiary/aromatic N) is 1. The normalized spacial score (nSPS) is 11.5. The Morgan fingerprint density at radius 1 is 1.53 bits per heavy atom. The predicted octanol–water partition coefficient (Wildman–Crippen LogP) is 4.03. The number of nitriles is 1. The van der Waals surface area contributed by atoms with E-state index in [4.69, 9.17) is 21.6 Å². The molecule has 0 saturated carbocycles. The molecule has 0 aliphatic carbocycles. The molecule has 0 fully saturated rings. The van der Waals surface area contributed by atoms with Gasteiger partial charge in [0.2, 0.25) is 0 Å². The molecule has 0 spiro atoms. The average molecular weight is 248 g/mol. The molecule has 0 atom stereocenters. The fourth-order valence-electron chi connectivity index (χ4n) is 1.73. The van der Waals surface area contributed by atoms with Gasteiger partial charge in [-0.15, -0.1) is 0 Å². The number of rotatable bonds is 3. The molecule has 1 aromatic rings. The van der Waals surface area contributed by atoms with Gasteiger partial charge in [-0.1, -0.05) is 30.3 Å². The fraction of sp³-hybridized carbons (Fsp3) is 0.214. The highest BCUT2D eigenvalue weighted by Crippen LogP contribution is 2.32. The zero-order valence-electron chi connectivity index (χ0n) is 10.2. The Labute approximate surface area is 107 Å². The molecule has 88 valence electrons. The number of benzene rings is 1. The second-order valence-corrected chi connectivity index (χ2v) is 4.01. The minimum Gasteiger partial charge on any atom is -0.495 e. The van der Waals surface area contributed by atoms with Crippen LogP contribution in [0.25, 0.3) is 5.57 Å². The molecule has 0 aliphatic heterocycles. The van der Waals surface area contributed by atoms with E-state index in [1.807, 2.05) is 19.9 Å². The van der Waals surface area contributed by atoms with Gasteiger partial charge in [0.05, 0.1) is 12.7 Å². The Hall–Kier alpha value is -1.72. The number of halogens is 1. The molecule has 17 heavy (non-hydrogen) atoms. The molecule has 0 aliphatic rings. The largest absolute Gasteiger partial charge is 0.495 e. The van der Waals surface area contributed by atoms with Gasteiger partial charge in [0, 0.05) is 5.03 Å². The lowest BCUT2D eigenvalue weighted by Crippen LogP contribution is -1.96. The van der Waals surface area contributed by atoms with Crippen LogP contribution in [0.5, 0.6) is 5.75 Å². The third-order valence-electron chi connectivity index (χ3n) is 2.67. The number of ether oxygens (including phenoxy) is 1. The smallest absolute Gasteiger partial charge is 0.140 e. The number of allylic oxidation sites excluding steroid dienone is 3. The van der Waals surface area contributed by atoms with Crippen molar-refractivity contribution in [3.63, 3.8) is 0 Å². The summed E-state index contributed by atoms with van der Waals surface area (Å²) in [6.45, 7) is 7.46. The second kappa shape index (κ2) is 5.56. The van der Waals surface area contributed by atoms with E-state index < -0.39 is 0 Å². The SMILES string of the molecule is C=C/C(Cl)=C(\C)c1ccc(C#N)c(OC)c1C. The first-order valence-electron chi connectivity index (χ1n) is 5.13. The van der Waals surface area contributed by atoms with Crippen molar-refractivity contribution in [2.45, 2.75) is 13.8 Å². The molecule has 0 N–H and O–H groups in total. The van der Waals surface area contributed by atoms with Crippen LogP contribution in [0.1, 0.15) is 23.6 Å². The zero-order chi connectivity index (χ0) is 13.0. The van der Waals surface area contributed by atoms with E-state index in [0.717, 1.165) is 16.7 Å². The van der Waals surface area contributed by atoms with Crippen molar-refractivity contribution >= 4 is 17.2 Å².